The summed E-state index contributed by atoms with van der Waals surface area (Å²) in [4.78, 5) is 4.00. The van der Waals surface area contributed by atoms with Crippen LogP contribution in [0, 0.1) is 0 Å². The van der Waals surface area contributed by atoms with E-state index in [2.05, 4.69) is 10.3 Å². The third-order valence-corrected chi connectivity index (χ3v) is 2.63. The Bertz CT molecular complexity index is 440. The molecule has 0 saturated heterocycles. The van der Waals surface area contributed by atoms with Gasteiger partial charge in [-0.25, -0.2) is 4.98 Å². The molecule has 0 fully saturated rings. The molecule has 3 nitrogen and oxygen atoms in total. The molecule has 82 valence electrons. The van der Waals surface area contributed by atoms with Crippen LogP contribution in [0.3, 0.4) is 0 Å². The van der Waals surface area contributed by atoms with Crippen LogP contribution in [0.5, 0.6) is 0 Å². The first-order valence-electron chi connectivity index (χ1n) is 4.95. The minimum Gasteiger partial charge on any atom is -0.382 e. The van der Waals surface area contributed by atoms with Gasteiger partial charge in [-0.1, -0.05) is 29.8 Å². The van der Waals surface area contributed by atoms with Crippen molar-refractivity contribution in [2.24, 2.45) is 0 Å². The van der Waals surface area contributed by atoms with E-state index in [1.54, 1.807) is 6.20 Å². The highest BCUT2D eigenvalue weighted by Crippen LogP contribution is 2.19. The number of nitrogens with two attached hydrogens (primary N) is 1. The van der Waals surface area contributed by atoms with Crippen LogP contribution in [-0.2, 0) is 6.54 Å². The number of pyridine rings is 1. The summed E-state index contributed by atoms with van der Waals surface area (Å²) in [6.45, 7) is 0.634. The lowest BCUT2D eigenvalue weighted by Gasteiger charge is -2.09. The van der Waals surface area contributed by atoms with E-state index in [0.29, 0.717) is 12.4 Å². The van der Waals surface area contributed by atoms with Gasteiger partial charge in [0.05, 0.1) is 5.69 Å². The molecule has 0 spiro atoms. The number of anilines is 2. The van der Waals surface area contributed by atoms with E-state index in [1.165, 1.54) is 0 Å². The Morgan fingerprint density at radius 3 is 2.75 bits per heavy atom. The van der Waals surface area contributed by atoms with Crippen LogP contribution in [0.2, 0.25) is 5.02 Å². The lowest BCUT2D eigenvalue weighted by molar-refractivity contribution is 1.14. The monoisotopic (exact) mass is 233 g/mol. The molecular weight excluding hydrogens is 222 g/mol. The summed E-state index contributed by atoms with van der Waals surface area (Å²) in [7, 11) is 0. The quantitative estimate of drug-likeness (QED) is 0.857. The SMILES string of the molecule is Nc1ncccc1NCc1ccccc1Cl. The Kier molecular flexibility index (Phi) is 3.27. The predicted octanol–water partition coefficient (Wildman–Crippen LogP) is 2.93. The molecule has 0 unspecified atom stereocenters. The average Bonchev–Trinajstić information content (AvgIpc) is 2.30. The van der Waals surface area contributed by atoms with E-state index in [-0.39, 0.29) is 0 Å². The fourth-order valence-corrected chi connectivity index (χ4v) is 1.60. The van der Waals surface area contributed by atoms with Gasteiger partial charge in [-0.05, 0) is 23.8 Å². The molecule has 0 atom stereocenters. The second-order valence-corrected chi connectivity index (χ2v) is 3.79. The summed E-state index contributed by atoms with van der Waals surface area (Å²) in [5.74, 6) is 0.495. The molecule has 1 aromatic carbocycles. The summed E-state index contributed by atoms with van der Waals surface area (Å²) < 4.78 is 0. The summed E-state index contributed by atoms with van der Waals surface area (Å²) >= 11 is 6.04. The zero-order valence-corrected chi connectivity index (χ0v) is 9.41. The third kappa shape index (κ3) is 2.44. The molecule has 2 aromatic rings. The average molecular weight is 234 g/mol. The van der Waals surface area contributed by atoms with Crippen molar-refractivity contribution in [3.05, 3.63) is 53.2 Å². The van der Waals surface area contributed by atoms with Crippen LogP contribution in [-0.4, -0.2) is 4.98 Å². The first-order valence-corrected chi connectivity index (χ1v) is 5.33. The second-order valence-electron chi connectivity index (χ2n) is 3.38. The summed E-state index contributed by atoms with van der Waals surface area (Å²) in [5, 5.41) is 3.95. The molecule has 1 aromatic heterocycles. The van der Waals surface area contributed by atoms with E-state index in [1.807, 2.05) is 36.4 Å². The van der Waals surface area contributed by atoms with Crippen molar-refractivity contribution in [1.29, 1.82) is 0 Å². The standard InChI is InChI=1S/C12H12ClN3/c13-10-5-2-1-4-9(10)8-16-11-6-3-7-15-12(11)14/h1-7,16H,8H2,(H2,14,15). The molecule has 4 heteroatoms. The molecule has 16 heavy (non-hydrogen) atoms. The number of hydrogen-bond donors (Lipinski definition) is 2. The van der Waals surface area contributed by atoms with Crippen LogP contribution in [0.1, 0.15) is 5.56 Å². The van der Waals surface area contributed by atoms with Crippen LogP contribution < -0.4 is 11.1 Å². The topological polar surface area (TPSA) is 50.9 Å². The molecule has 0 radical (unpaired) electrons. The van der Waals surface area contributed by atoms with Gasteiger partial charge < -0.3 is 11.1 Å². The lowest BCUT2D eigenvalue weighted by Crippen LogP contribution is -2.03. The number of benzene rings is 1. The maximum Gasteiger partial charge on any atom is 0.146 e. The smallest absolute Gasteiger partial charge is 0.146 e. The molecule has 0 amide bonds. The van der Waals surface area contributed by atoms with E-state index in [4.69, 9.17) is 17.3 Å². The molecular formula is C12H12ClN3. The first kappa shape index (κ1) is 10.8. The van der Waals surface area contributed by atoms with Crippen LogP contribution in [0.15, 0.2) is 42.6 Å². The number of aromatic nitrogens is 1. The van der Waals surface area contributed by atoms with Gasteiger partial charge in [0.15, 0.2) is 0 Å². The molecule has 0 aliphatic carbocycles. The second kappa shape index (κ2) is 4.86. The minimum absolute atomic E-state index is 0.495. The summed E-state index contributed by atoms with van der Waals surface area (Å²) in [6.07, 6.45) is 1.66. The number of rotatable bonds is 3. The molecule has 2 rings (SSSR count). The largest absolute Gasteiger partial charge is 0.382 e. The van der Waals surface area contributed by atoms with Crippen molar-refractivity contribution in [3.8, 4) is 0 Å². The molecule has 3 N–H and O–H groups in total. The van der Waals surface area contributed by atoms with Gasteiger partial charge >= 0.3 is 0 Å². The Morgan fingerprint density at radius 1 is 1.19 bits per heavy atom. The highest BCUT2D eigenvalue weighted by Gasteiger charge is 2.01. The first-order chi connectivity index (χ1) is 7.77. The van der Waals surface area contributed by atoms with Crippen molar-refractivity contribution in [3.63, 3.8) is 0 Å². The molecule has 0 bridgehead atoms. The number of nitrogen functional groups attached to an aromatic ring is 1. The predicted molar refractivity (Wildman–Crippen MR) is 67.4 cm³/mol. The van der Waals surface area contributed by atoms with Crippen molar-refractivity contribution in [2.75, 3.05) is 11.1 Å². The number of hydrogen-bond acceptors (Lipinski definition) is 3. The highest BCUT2D eigenvalue weighted by molar-refractivity contribution is 6.31. The maximum atomic E-state index is 6.04. The fourth-order valence-electron chi connectivity index (χ4n) is 1.40. The number of halogens is 1. The van der Waals surface area contributed by atoms with Gasteiger partial charge in [0.25, 0.3) is 0 Å². The number of nitrogens with one attached hydrogen (secondary N) is 1. The Labute approximate surface area is 99.3 Å². The molecule has 0 aliphatic heterocycles. The molecule has 0 aliphatic rings. The third-order valence-electron chi connectivity index (χ3n) is 2.27. The maximum absolute atomic E-state index is 6.04. The van der Waals surface area contributed by atoms with Crippen LogP contribution in [0.4, 0.5) is 11.5 Å². The molecule has 0 saturated carbocycles. The normalized spacial score (nSPS) is 10.1. The van der Waals surface area contributed by atoms with Gasteiger partial charge in [0, 0.05) is 17.8 Å². The van der Waals surface area contributed by atoms with Gasteiger partial charge in [-0.2, -0.15) is 0 Å². The van der Waals surface area contributed by atoms with E-state index < -0.39 is 0 Å². The molecule has 1 heterocycles. The van der Waals surface area contributed by atoms with Gasteiger partial charge in [0.2, 0.25) is 0 Å². The number of nitrogens with zero attached hydrogens (tertiary/aromatic N) is 1. The van der Waals surface area contributed by atoms with E-state index >= 15 is 0 Å². The summed E-state index contributed by atoms with van der Waals surface area (Å²) in [5.41, 5.74) is 7.57. The van der Waals surface area contributed by atoms with E-state index in [0.717, 1.165) is 16.3 Å². The Balaban J connectivity index is 2.09. The van der Waals surface area contributed by atoms with Gasteiger partial charge in [0.1, 0.15) is 5.82 Å². The Morgan fingerprint density at radius 2 is 2.00 bits per heavy atom. The fraction of sp³-hybridized carbons (Fsp3) is 0.0833. The van der Waals surface area contributed by atoms with Crippen molar-refractivity contribution in [1.82, 2.24) is 4.98 Å². The highest BCUT2D eigenvalue weighted by atomic mass is 35.5. The zero-order chi connectivity index (χ0) is 11.4. The van der Waals surface area contributed by atoms with Crippen LogP contribution in [0.25, 0.3) is 0 Å². The van der Waals surface area contributed by atoms with Gasteiger partial charge in [-0.3, -0.25) is 0 Å². The van der Waals surface area contributed by atoms with Crippen LogP contribution >= 0.6 is 11.6 Å². The Hall–Kier alpha value is -1.74. The lowest BCUT2D eigenvalue weighted by atomic mass is 10.2. The van der Waals surface area contributed by atoms with Crippen molar-refractivity contribution >= 4 is 23.1 Å². The van der Waals surface area contributed by atoms with Crippen molar-refractivity contribution in [2.45, 2.75) is 6.54 Å². The van der Waals surface area contributed by atoms with Crippen molar-refractivity contribution < 1.29 is 0 Å². The minimum atomic E-state index is 0.495. The summed E-state index contributed by atoms with van der Waals surface area (Å²) in [6, 6.07) is 11.4. The zero-order valence-electron chi connectivity index (χ0n) is 8.65. The van der Waals surface area contributed by atoms with Gasteiger partial charge in [-0.15, -0.1) is 0 Å². The van der Waals surface area contributed by atoms with E-state index in [9.17, 15) is 0 Å².